The number of carbonyl (C=O) groups excluding carboxylic acids is 1. The first kappa shape index (κ1) is 21.2. The average molecular weight is 465 g/mol. The molecule has 0 N–H and O–H groups in total. The van der Waals surface area contributed by atoms with Gasteiger partial charge in [0.25, 0.3) is 5.91 Å². The maximum Gasteiger partial charge on any atom is 0.285 e. The minimum Gasteiger partial charge on any atom is -0.484 e. The highest BCUT2D eigenvalue weighted by Gasteiger charge is 2.49. The summed E-state index contributed by atoms with van der Waals surface area (Å²) in [5.74, 6) is 0.259. The van der Waals surface area contributed by atoms with Crippen molar-refractivity contribution in [2.45, 2.75) is 25.1 Å². The third kappa shape index (κ3) is 4.50. The summed E-state index contributed by atoms with van der Waals surface area (Å²) >= 11 is 7.21. The number of ether oxygens (including phenoxy) is 1. The number of amides is 1. The summed E-state index contributed by atoms with van der Waals surface area (Å²) in [5, 5.41) is 0.968. The van der Waals surface area contributed by atoms with E-state index in [0.29, 0.717) is 15.9 Å². The van der Waals surface area contributed by atoms with E-state index in [1.807, 2.05) is 36.9 Å². The average Bonchev–Trinajstić information content (AvgIpc) is 3.14. The standard InChI is InChI=1S/C21H21ClN2O4S2/c1-13-3-6-16(9-14(13)2)24-18-11-30(26,27)12-19(18)29-21(24)23-20(25)10-28-17-7-4-15(22)5-8-17/h3-9,18-19H,10-12H2,1-2H3/t18-,19-/m0/s1. The predicted octanol–water partition coefficient (Wildman–Crippen LogP) is 3.64. The second-order valence-corrected chi connectivity index (χ2v) is 11.3. The zero-order valence-corrected chi connectivity index (χ0v) is 18.9. The first-order chi connectivity index (χ1) is 14.2. The summed E-state index contributed by atoms with van der Waals surface area (Å²) in [7, 11) is -3.10. The van der Waals surface area contributed by atoms with Gasteiger partial charge in [0.05, 0.1) is 17.5 Å². The number of aryl methyl sites for hydroxylation is 2. The van der Waals surface area contributed by atoms with E-state index in [1.54, 1.807) is 24.3 Å². The molecule has 2 saturated heterocycles. The number of carbonyl (C=O) groups is 1. The number of aliphatic imine (C=N–C) groups is 1. The Bertz CT molecular complexity index is 1120. The Morgan fingerprint density at radius 2 is 1.90 bits per heavy atom. The predicted molar refractivity (Wildman–Crippen MR) is 122 cm³/mol. The van der Waals surface area contributed by atoms with Crippen molar-refractivity contribution in [3.8, 4) is 5.75 Å². The third-order valence-electron chi connectivity index (χ3n) is 5.23. The third-order valence-corrected chi connectivity index (χ3v) is 8.69. The number of sulfone groups is 1. The van der Waals surface area contributed by atoms with Crippen molar-refractivity contribution in [1.82, 2.24) is 0 Å². The lowest BCUT2D eigenvalue weighted by atomic mass is 10.1. The van der Waals surface area contributed by atoms with Gasteiger partial charge in [0, 0.05) is 16.0 Å². The molecule has 1 amide bonds. The molecule has 2 heterocycles. The molecule has 0 bridgehead atoms. The maximum atomic E-state index is 12.5. The second kappa shape index (κ2) is 8.24. The van der Waals surface area contributed by atoms with Gasteiger partial charge in [-0.1, -0.05) is 29.4 Å². The molecule has 158 valence electrons. The van der Waals surface area contributed by atoms with Crippen molar-refractivity contribution in [3.63, 3.8) is 0 Å². The molecule has 9 heteroatoms. The molecule has 2 fully saturated rings. The zero-order chi connectivity index (χ0) is 21.5. The van der Waals surface area contributed by atoms with Gasteiger partial charge in [0.1, 0.15) is 5.75 Å². The first-order valence-electron chi connectivity index (χ1n) is 9.45. The monoisotopic (exact) mass is 464 g/mol. The zero-order valence-electron chi connectivity index (χ0n) is 16.5. The van der Waals surface area contributed by atoms with Crippen molar-refractivity contribution in [1.29, 1.82) is 0 Å². The Labute approximate surface area is 185 Å². The van der Waals surface area contributed by atoms with Crippen LogP contribution in [0, 0.1) is 13.8 Å². The Morgan fingerprint density at radius 3 is 2.60 bits per heavy atom. The number of anilines is 1. The van der Waals surface area contributed by atoms with Crippen LogP contribution in [0.1, 0.15) is 11.1 Å². The highest BCUT2D eigenvalue weighted by molar-refractivity contribution is 8.16. The summed E-state index contributed by atoms with van der Waals surface area (Å²) in [6.07, 6.45) is 0. The highest BCUT2D eigenvalue weighted by atomic mass is 35.5. The van der Waals surface area contributed by atoms with Crippen LogP contribution >= 0.6 is 23.4 Å². The van der Waals surface area contributed by atoms with Crippen molar-refractivity contribution < 1.29 is 17.9 Å². The summed E-state index contributed by atoms with van der Waals surface area (Å²) in [6, 6.07) is 12.5. The summed E-state index contributed by atoms with van der Waals surface area (Å²) in [5.41, 5.74) is 3.09. The number of amidine groups is 1. The largest absolute Gasteiger partial charge is 0.484 e. The fourth-order valence-electron chi connectivity index (χ4n) is 3.56. The number of fused-ring (bicyclic) bond motifs is 1. The summed E-state index contributed by atoms with van der Waals surface area (Å²) in [4.78, 5) is 18.7. The van der Waals surface area contributed by atoms with E-state index in [2.05, 4.69) is 4.99 Å². The van der Waals surface area contributed by atoms with Crippen molar-refractivity contribution in [3.05, 3.63) is 58.6 Å². The lowest BCUT2D eigenvalue weighted by molar-refractivity contribution is -0.119. The highest BCUT2D eigenvalue weighted by Crippen LogP contribution is 2.41. The molecule has 2 aromatic carbocycles. The molecule has 0 aromatic heterocycles. The molecule has 30 heavy (non-hydrogen) atoms. The van der Waals surface area contributed by atoms with Crippen LogP contribution in [0.5, 0.6) is 5.75 Å². The number of nitrogens with zero attached hydrogens (tertiary/aromatic N) is 2. The Kier molecular flexibility index (Phi) is 5.83. The molecule has 0 radical (unpaired) electrons. The Morgan fingerprint density at radius 1 is 1.17 bits per heavy atom. The van der Waals surface area contributed by atoms with E-state index in [1.165, 1.54) is 11.8 Å². The molecule has 0 spiro atoms. The van der Waals surface area contributed by atoms with Gasteiger partial charge in [-0.2, -0.15) is 4.99 Å². The van der Waals surface area contributed by atoms with E-state index >= 15 is 0 Å². The van der Waals surface area contributed by atoms with Gasteiger partial charge in [0.2, 0.25) is 0 Å². The van der Waals surface area contributed by atoms with Crippen LogP contribution in [0.2, 0.25) is 5.02 Å². The van der Waals surface area contributed by atoms with Crippen LogP contribution < -0.4 is 9.64 Å². The first-order valence-corrected chi connectivity index (χ1v) is 12.5. The molecular formula is C21H21ClN2O4S2. The van der Waals surface area contributed by atoms with E-state index < -0.39 is 15.7 Å². The van der Waals surface area contributed by atoms with Gasteiger partial charge in [-0.3, -0.25) is 4.79 Å². The van der Waals surface area contributed by atoms with Gasteiger partial charge in [0.15, 0.2) is 21.6 Å². The normalized spacial score (nSPS) is 23.6. The number of thioether (sulfide) groups is 1. The minimum absolute atomic E-state index is 0.0616. The lowest BCUT2D eigenvalue weighted by Crippen LogP contribution is -2.38. The van der Waals surface area contributed by atoms with Crippen LogP contribution in [-0.2, 0) is 14.6 Å². The van der Waals surface area contributed by atoms with Crippen LogP contribution in [0.3, 0.4) is 0 Å². The quantitative estimate of drug-likeness (QED) is 0.687. The molecule has 0 aliphatic carbocycles. The van der Waals surface area contributed by atoms with Crippen LogP contribution in [-0.4, -0.2) is 48.9 Å². The fraction of sp³-hybridized carbons (Fsp3) is 0.333. The molecule has 6 nitrogen and oxygen atoms in total. The van der Waals surface area contributed by atoms with Gasteiger partial charge in [-0.25, -0.2) is 8.42 Å². The smallest absolute Gasteiger partial charge is 0.285 e. The molecule has 2 aromatic rings. The molecule has 2 aliphatic rings. The second-order valence-electron chi connectivity index (χ2n) is 7.47. The van der Waals surface area contributed by atoms with Gasteiger partial charge >= 0.3 is 0 Å². The SMILES string of the molecule is Cc1ccc(N2C(=NC(=O)COc3ccc(Cl)cc3)S[C@H]3CS(=O)(=O)C[C@@H]32)cc1C. The maximum absolute atomic E-state index is 12.5. The summed E-state index contributed by atoms with van der Waals surface area (Å²) < 4.78 is 29.9. The van der Waals surface area contributed by atoms with Gasteiger partial charge in [-0.05, 0) is 61.4 Å². The van der Waals surface area contributed by atoms with E-state index in [9.17, 15) is 13.2 Å². The van der Waals surface area contributed by atoms with E-state index in [0.717, 1.165) is 16.8 Å². The van der Waals surface area contributed by atoms with E-state index in [4.69, 9.17) is 16.3 Å². The lowest BCUT2D eigenvalue weighted by Gasteiger charge is -2.25. The van der Waals surface area contributed by atoms with Crippen LogP contribution in [0.25, 0.3) is 0 Å². The van der Waals surface area contributed by atoms with Crippen molar-refractivity contribution >= 4 is 50.0 Å². The molecule has 2 atom stereocenters. The Hall–Kier alpha value is -2.03. The number of rotatable bonds is 4. The molecule has 0 saturated carbocycles. The molecule has 2 aliphatic heterocycles. The van der Waals surface area contributed by atoms with Crippen molar-refractivity contribution in [2.24, 2.45) is 4.99 Å². The molecule has 0 unspecified atom stereocenters. The van der Waals surface area contributed by atoms with Gasteiger partial charge < -0.3 is 9.64 Å². The summed E-state index contributed by atoms with van der Waals surface area (Å²) in [6.45, 7) is 3.82. The molecular weight excluding hydrogens is 444 g/mol. The number of benzene rings is 2. The van der Waals surface area contributed by atoms with Crippen LogP contribution in [0.15, 0.2) is 47.5 Å². The minimum atomic E-state index is -3.10. The molecule has 4 rings (SSSR count). The number of hydrogen-bond acceptors (Lipinski definition) is 5. The Balaban J connectivity index is 1.57. The number of hydrogen-bond donors (Lipinski definition) is 0. The number of halogens is 1. The van der Waals surface area contributed by atoms with Gasteiger partial charge in [-0.15, -0.1) is 0 Å². The topological polar surface area (TPSA) is 76.0 Å². The fourth-order valence-corrected chi connectivity index (χ4v) is 7.61. The van der Waals surface area contributed by atoms with Crippen molar-refractivity contribution in [2.75, 3.05) is 23.0 Å². The van der Waals surface area contributed by atoms with E-state index in [-0.39, 0.29) is 29.4 Å². The van der Waals surface area contributed by atoms with Crippen LogP contribution in [0.4, 0.5) is 5.69 Å².